The predicted molar refractivity (Wildman–Crippen MR) is 89.8 cm³/mol. The van der Waals surface area contributed by atoms with Crippen molar-refractivity contribution in [1.82, 2.24) is 0 Å². The van der Waals surface area contributed by atoms with Crippen LogP contribution in [-0.2, 0) is 0 Å². The molecule has 0 aliphatic rings. The number of benzene rings is 1. The lowest BCUT2D eigenvalue weighted by Crippen LogP contribution is -2.09. The maximum Gasteiger partial charge on any atom is 0.511 e. The molecule has 0 radical (unpaired) electrons. The highest BCUT2D eigenvalue weighted by molar-refractivity contribution is 5.69. The molecule has 1 rings (SSSR count). The molecule has 0 aliphatic heterocycles. The second-order valence-corrected chi connectivity index (χ2v) is 5.87. The number of unbranched alkanes of at least 4 members (excludes halogenated alkanes) is 5. The Bertz CT molecular complexity index is 537. The SMILES string of the molecule is CCCCCCCCOc1c(C)c(C)c(C)c(O)c1OC(=O)O. The first kappa shape index (κ1) is 19.1. The number of carbonyl (C=O) groups is 1. The average Bonchev–Trinajstić information content (AvgIpc) is 2.51. The Balaban J connectivity index is 2.78. The molecule has 1 aromatic carbocycles. The van der Waals surface area contributed by atoms with Gasteiger partial charge < -0.3 is 19.7 Å². The monoisotopic (exact) mass is 324 g/mol. The minimum Gasteiger partial charge on any atom is -0.504 e. The molecule has 0 fully saturated rings. The molecular formula is C18H28O5. The quantitative estimate of drug-likeness (QED) is 0.375. The first-order valence-electron chi connectivity index (χ1n) is 8.26. The molecule has 0 spiro atoms. The van der Waals surface area contributed by atoms with Crippen LogP contribution in [0.4, 0.5) is 4.79 Å². The Morgan fingerprint density at radius 3 is 2.13 bits per heavy atom. The molecule has 0 bridgehead atoms. The van der Waals surface area contributed by atoms with Crippen LogP contribution in [0.2, 0.25) is 0 Å². The Kier molecular flexibility index (Phi) is 7.72. The Morgan fingerprint density at radius 2 is 1.52 bits per heavy atom. The summed E-state index contributed by atoms with van der Waals surface area (Å²) < 4.78 is 10.5. The smallest absolute Gasteiger partial charge is 0.504 e. The standard InChI is InChI=1S/C18H28O5/c1-5-6-7-8-9-10-11-22-16-14(4)12(2)13(3)15(19)17(16)23-18(20)21/h19H,5-11H2,1-4H3,(H,20,21). The van der Waals surface area contributed by atoms with Crippen LogP contribution < -0.4 is 9.47 Å². The van der Waals surface area contributed by atoms with E-state index in [0.29, 0.717) is 17.9 Å². The summed E-state index contributed by atoms with van der Waals surface area (Å²) in [6.45, 7) is 8.09. The van der Waals surface area contributed by atoms with Gasteiger partial charge in [-0.1, -0.05) is 39.0 Å². The molecule has 130 valence electrons. The summed E-state index contributed by atoms with van der Waals surface area (Å²) in [5, 5.41) is 19.0. The molecule has 0 aliphatic carbocycles. The van der Waals surface area contributed by atoms with Crippen LogP contribution in [0.3, 0.4) is 0 Å². The van der Waals surface area contributed by atoms with Crippen molar-refractivity contribution in [2.24, 2.45) is 0 Å². The van der Waals surface area contributed by atoms with Gasteiger partial charge in [-0.2, -0.15) is 0 Å². The van der Waals surface area contributed by atoms with E-state index in [2.05, 4.69) is 6.92 Å². The van der Waals surface area contributed by atoms with E-state index >= 15 is 0 Å². The number of ether oxygens (including phenoxy) is 2. The van der Waals surface area contributed by atoms with Crippen LogP contribution in [0.15, 0.2) is 0 Å². The first-order valence-corrected chi connectivity index (χ1v) is 8.26. The van der Waals surface area contributed by atoms with Gasteiger partial charge in [0.25, 0.3) is 0 Å². The number of rotatable bonds is 9. The largest absolute Gasteiger partial charge is 0.511 e. The van der Waals surface area contributed by atoms with E-state index in [1.165, 1.54) is 25.7 Å². The van der Waals surface area contributed by atoms with Crippen molar-refractivity contribution in [3.05, 3.63) is 16.7 Å². The third-order valence-corrected chi connectivity index (χ3v) is 4.18. The van der Waals surface area contributed by atoms with Gasteiger partial charge >= 0.3 is 6.16 Å². The van der Waals surface area contributed by atoms with Gasteiger partial charge in [-0.15, -0.1) is 0 Å². The third-order valence-electron chi connectivity index (χ3n) is 4.18. The third kappa shape index (κ3) is 5.34. The molecule has 0 amide bonds. The van der Waals surface area contributed by atoms with Gasteiger partial charge in [0, 0.05) is 0 Å². The fraction of sp³-hybridized carbons (Fsp3) is 0.611. The molecule has 0 heterocycles. The zero-order valence-corrected chi connectivity index (χ0v) is 14.6. The van der Waals surface area contributed by atoms with Crippen LogP contribution in [0, 0.1) is 20.8 Å². The Hall–Kier alpha value is -1.91. The maximum absolute atomic E-state index is 10.9. The molecular weight excluding hydrogens is 296 g/mol. The predicted octanol–water partition coefficient (Wildman–Crippen LogP) is 5.11. The van der Waals surface area contributed by atoms with Crippen molar-refractivity contribution in [2.75, 3.05) is 6.61 Å². The van der Waals surface area contributed by atoms with Crippen molar-refractivity contribution >= 4 is 6.16 Å². The number of phenolic OH excluding ortho intramolecular Hbond substituents is 1. The lowest BCUT2D eigenvalue weighted by atomic mass is 10.0. The van der Waals surface area contributed by atoms with Gasteiger partial charge in [0.15, 0.2) is 11.5 Å². The Labute approximate surface area is 138 Å². The normalized spacial score (nSPS) is 10.6. The summed E-state index contributed by atoms with van der Waals surface area (Å²) in [6.07, 6.45) is 5.37. The molecule has 0 unspecified atom stereocenters. The number of phenols is 1. The van der Waals surface area contributed by atoms with Gasteiger partial charge in [-0.25, -0.2) is 4.79 Å². The number of hydrogen-bond donors (Lipinski definition) is 2. The molecule has 0 aromatic heterocycles. The van der Waals surface area contributed by atoms with E-state index in [1.807, 2.05) is 13.8 Å². The topological polar surface area (TPSA) is 76.0 Å². The van der Waals surface area contributed by atoms with Gasteiger partial charge in [0.05, 0.1) is 6.61 Å². The van der Waals surface area contributed by atoms with Crippen molar-refractivity contribution in [3.8, 4) is 17.2 Å². The fourth-order valence-electron chi connectivity index (χ4n) is 2.49. The van der Waals surface area contributed by atoms with E-state index in [4.69, 9.17) is 14.6 Å². The zero-order chi connectivity index (χ0) is 17.4. The lowest BCUT2D eigenvalue weighted by molar-refractivity contribution is 0.140. The lowest BCUT2D eigenvalue weighted by Gasteiger charge is -2.18. The minimum atomic E-state index is -1.47. The van der Waals surface area contributed by atoms with Gasteiger partial charge in [-0.05, 0) is 43.9 Å². The minimum absolute atomic E-state index is 0.107. The van der Waals surface area contributed by atoms with E-state index in [-0.39, 0.29) is 11.5 Å². The average molecular weight is 324 g/mol. The van der Waals surface area contributed by atoms with Crippen LogP contribution in [0.1, 0.15) is 62.1 Å². The van der Waals surface area contributed by atoms with E-state index in [1.54, 1.807) is 6.92 Å². The highest BCUT2D eigenvalue weighted by atomic mass is 16.7. The molecule has 0 atom stereocenters. The summed E-state index contributed by atoms with van der Waals surface area (Å²) in [6, 6.07) is 0. The Morgan fingerprint density at radius 1 is 0.913 bits per heavy atom. The summed E-state index contributed by atoms with van der Waals surface area (Å²) >= 11 is 0. The van der Waals surface area contributed by atoms with Crippen molar-refractivity contribution in [3.63, 3.8) is 0 Å². The molecule has 5 heteroatoms. The maximum atomic E-state index is 10.9. The van der Waals surface area contributed by atoms with Crippen molar-refractivity contribution in [2.45, 2.75) is 66.2 Å². The van der Waals surface area contributed by atoms with Crippen molar-refractivity contribution in [1.29, 1.82) is 0 Å². The molecule has 0 saturated heterocycles. The molecule has 2 N–H and O–H groups in total. The highest BCUT2D eigenvalue weighted by Crippen LogP contribution is 2.44. The van der Waals surface area contributed by atoms with Gasteiger partial charge in [0.1, 0.15) is 0 Å². The van der Waals surface area contributed by atoms with Crippen LogP contribution in [0.5, 0.6) is 17.2 Å². The molecule has 0 saturated carbocycles. The summed E-state index contributed by atoms with van der Waals surface area (Å²) in [4.78, 5) is 10.9. The second-order valence-electron chi connectivity index (χ2n) is 5.87. The molecule has 1 aromatic rings. The number of aromatic hydroxyl groups is 1. The first-order chi connectivity index (χ1) is 10.9. The van der Waals surface area contributed by atoms with Crippen LogP contribution >= 0.6 is 0 Å². The molecule has 23 heavy (non-hydrogen) atoms. The van der Waals surface area contributed by atoms with Gasteiger partial charge in [-0.3, -0.25) is 0 Å². The highest BCUT2D eigenvalue weighted by Gasteiger charge is 2.22. The summed E-state index contributed by atoms with van der Waals surface area (Å²) in [5.41, 5.74) is 2.27. The van der Waals surface area contributed by atoms with Crippen molar-refractivity contribution < 1.29 is 24.5 Å². The van der Waals surface area contributed by atoms with E-state index in [0.717, 1.165) is 24.0 Å². The second kappa shape index (κ2) is 9.28. The van der Waals surface area contributed by atoms with Crippen LogP contribution in [-0.4, -0.2) is 23.0 Å². The summed E-state index contributed by atoms with van der Waals surface area (Å²) in [5.74, 6) is 0.0408. The fourth-order valence-corrected chi connectivity index (χ4v) is 2.49. The van der Waals surface area contributed by atoms with Crippen LogP contribution in [0.25, 0.3) is 0 Å². The number of carboxylic acid groups (broad SMARTS) is 1. The zero-order valence-electron chi connectivity index (χ0n) is 14.6. The summed E-state index contributed by atoms with van der Waals surface area (Å²) in [7, 11) is 0. The van der Waals surface area contributed by atoms with E-state index < -0.39 is 6.16 Å². The molecule has 5 nitrogen and oxygen atoms in total. The van der Waals surface area contributed by atoms with E-state index in [9.17, 15) is 9.90 Å². The van der Waals surface area contributed by atoms with Gasteiger partial charge in [0.2, 0.25) is 5.75 Å². The number of hydrogen-bond acceptors (Lipinski definition) is 4.